The Morgan fingerprint density at radius 2 is 1.71 bits per heavy atom. The minimum atomic E-state index is -0.541. The number of nitro benzene ring substituents is 1. The van der Waals surface area contributed by atoms with Crippen LogP contribution >= 0.6 is 0 Å². The van der Waals surface area contributed by atoms with Crippen molar-refractivity contribution in [2.45, 2.75) is 0 Å². The van der Waals surface area contributed by atoms with Crippen molar-refractivity contribution >= 4 is 5.69 Å². The number of phenols is 1. The highest BCUT2D eigenvalue weighted by Crippen LogP contribution is 2.37. The number of phenolic OH excluding ortho intramolecular Hbond substituents is 1. The van der Waals surface area contributed by atoms with Crippen LogP contribution in [-0.2, 0) is 0 Å². The van der Waals surface area contributed by atoms with Crippen molar-refractivity contribution in [3.63, 3.8) is 0 Å². The summed E-state index contributed by atoms with van der Waals surface area (Å²) in [6, 6.07) is 13.1. The summed E-state index contributed by atoms with van der Waals surface area (Å²) in [7, 11) is 0. The molecule has 0 aliphatic carbocycles. The summed E-state index contributed by atoms with van der Waals surface area (Å²) >= 11 is 0. The second kappa shape index (κ2) is 6.92. The van der Waals surface area contributed by atoms with Gasteiger partial charge >= 0.3 is 0 Å². The van der Waals surface area contributed by atoms with Gasteiger partial charge in [0.05, 0.1) is 21.9 Å². The van der Waals surface area contributed by atoms with Gasteiger partial charge in [-0.1, -0.05) is 0 Å². The largest absolute Gasteiger partial charge is 0.508 e. The molecule has 0 fully saturated rings. The van der Waals surface area contributed by atoms with E-state index in [4.69, 9.17) is 0 Å². The van der Waals surface area contributed by atoms with Gasteiger partial charge in [-0.05, 0) is 48.5 Å². The van der Waals surface area contributed by atoms with E-state index >= 15 is 0 Å². The molecule has 0 amide bonds. The standard InChI is InChI=1S/C20H13FN4O3/c21-14-3-1-12(2-4-14)18-19(13-7-9-22-10-8-13)24-20(23-18)16-11-15(26)5-6-17(16)25(27)28/h1-11,26H,(H,23,24). The first kappa shape index (κ1) is 17.3. The fourth-order valence-electron chi connectivity index (χ4n) is 2.92. The molecule has 28 heavy (non-hydrogen) atoms. The number of imidazole rings is 1. The molecule has 2 aromatic heterocycles. The van der Waals surface area contributed by atoms with Gasteiger partial charge < -0.3 is 10.1 Å². The number of nitrogens with zero attached hydrogens (tertiary/aromatic N) is 3. The van der Waals surface area contributed by atoms with Gasteiger partial charge in [0.25, 0.3) is 5.69 Å². The predicted octanol–water partition coefficient (Wildman–Crippen LogP) is 4.56. The Labute approximate surface area is 158 Å². The van der Waals surface area contributed by atoms with Crippen LogP contribution in [0.1, 0.15) is 0 Å². The molecule has 0 bridgehead atoms. The van der Waals surface area contributed by atoms with E-state index in [1.165, 1.54) is 30.3 Å². The van der Waals surface area contributed by atoms with Crippen LogP contribution < -0.4 is 0 Å². The number of pyridine rings is 1. The molecule has 8 heteroatoms. The Kier molecular flexibility index (Phi) is 4.29. The van der Waals surface area contributed by atoms with E-state index in [0.717, 1.165) is 5.56 Å². The van der Waals surface area contributed by atoms with Crippen molar-refractivity contribution in [3.05, 3.63) is 82.9 Å². The molecule has 0 aliphatic heterocycles. The van der Waals surface area contributed by atoms with E-state index in [1.807, 2.05) is 0 Å². The summed E-state index contributed by atoms with van der Waals surface area (Å²) in [4.78, 5) is 22.5. The Morgan fingerprint density at radius 1 is 1.00 bits per heavy atom. The molecule has 2 N–H and O–H groups in total. The Hall–Kier alpha value is -4.07. The molecular weight excluding hydrogens is 363 g/mol. The number of nitro groups is 1. The topological polar surface area (TPSA) is 105 Å². The first-order valence-corrected chi connectivity index (χ1v) is 8.27. The maximum absolute atomic E-state index is 13.3. The lowest BCUT2D eigenvalue weighted by molar-refractivity contribution is -0.384. The van der Waals surface area contributed by atoms with E-state index in [0.29, 0.717) is 17.0 Å². The van der Waals surface area contributed by atoms with Crippen molar-refractivity contribution in [1.82, 2.24) is 15.0 Å². The quantitative estimate of drug-likeness (QED) is 0.401. The molecular formula is C20H13FN4O3. The number of hydrogen-bond acceptors (Lipinski definition) is 5. The molecule has 0 atom stereocenters. The van der Waals surface area contributed by atoms with Gasteiger partial charge in [0.1, 0.15) is 17.4 Å². The predicted molar refractivity (Wildman–Crippen MR) is 101 cm³/mol. The van der Waals surface area contributed by atoms with E-state index in [2.05, 4.69) is 15.0 Å². The molecule has 0 spiro atoms. The zero-order chi connectivity index (χ0) is 19.7. The highest BCUT2D eigenvalue weighted by Gasteiger charge is 2.22. The van der Waals surface area contributed by atoms with Gasteiger partial charge in [-0.3, -0.25) is 15.1 Å². The van der Waals surface area contributed by atoms with Gasteiger partial charge in [0.15, 0.2) is 0 Å². The van der Waals surface area contributed by atoms with Crippen LogP contribution in [0.25, 0.3) is 33.9 Å². The highest BCUT2D eigenvalue weighted by atomic mass is 19.1. The van der Waals surface area contributed by atoms with Gasteiger partial charge in [-0.25, -0.2) is 9.37 Å². The summed E-state index contributed by atoms with van der Waals surface area (Å²) < 4.78 is 13.3. The molecule has 138 valence electrons. The third-order valence-electron chi connectivity index (χ3n) is 4.22. The first-order chi connectivity index (χ1) is 13.5. The fraction of sp³-hybridized carbons (Fsp3) is 0. The lowest BCUT2D eigenvalue weighted by atomic mass is 10.1. The van der Waals surface area contributed by atoms with E-state index in [9.17, 15) is 19.6 Å². The summed E-state index contributed by atoms with van der Waals surface area (Å²) in [5, 5.41) is 21.2. The van der Waals surface area contributed by atoms with Gasteiger partial charge in [-0.15, -0.1) is 0 Å². The monoisotopic (exact) mass is 376 g/mol. The van der Waals surface area contributed by atoms with Crippen LogP contribution in [0.4, 0.5) is 10.1 Å². The van der Waals surface area contributed by atoms with Crippen LogP contribution in [0, 0.1) is 15.9 Å². The highest BCUT2D eigenvalue weighted by molar-refractivity contribution is 5.82. The van der Waals surface area contributed by atoms with E-state index in [-0.39, 0.29) is 28.6 Å². The fourth-order valence-corrected chi connectivity index (χ4v) is 2.92. The lowest BCUT2D eigenvalue weighted by Gasteiger charge is -2.02. The minimum absolute atomic E-state index is 0.120. The van der Waals surface area contributed by atoms with Crippen molar-refractivity contribution in [2.24, 2.45) is 0 Å². The summed E-state index contributed by atoms with van der Waals surface area (Å²) in [6.45, 7) is 0. The molecule has 0 aliphatic rings. The average Bonchev–Trinajstić information content (AvgIpc) is 3.14. The SMILES string of the molecule is O=[N+]([O-])c1ccc(O)cc1-c1nc(-c2ccc(F)cc2)c(-c2ccncc2)[nH]1. The molecule has 0 saturated carbocycles. The van der Waals surface area contributed by atoms with Crippen molar-refractivity contribution in [1.29, 1.82) is 0 Å². The smallest absolute Gasteiger partial charge is 0.280 e. The number of aromatic hydroxyl groups is 1. The zero-order valence-electron chi connectivity index (χ0n) is 14.3. The second-order valence-corrected chi connectivity index (χ2v) is 6.01. The minimum Gasteiger partial charge on any atom is -0.508 e. The molecule has 0 saturated heterocycles. The summed E-state index contributed by atoms with van der Waals surface area (Å²) in [5.74, 6) is -0.284. The number of aromatic nitrogens is 3. The molecule has 2 aromatic carbocycles. The van der Waals surface area contributed by atoms with Crippen molar-refractivity contribution in [2.75, 3.05) is 0 Å². The number of halogens is 1. The van der Waals surface area contributed by atoms with Crippen LogP contribution in [-0.4, -0.2) is 25.0 Å². The number of H-pyrrole nitrogens is 1. The van der Waals surface area contributed by atoms with E-state index < -0.39 is 4.92 Å². The number of hydrogen-bond donors (Lipinski definition) is 2. The Balaban J connectivity index is 1.95. The van der Waals surface area contributed by atoms with Gasteiger partial charge in [0.2, 0.25) is 0 Å². The molecule has 0 radical (unpaired) electrons. The molecule has 2 heterocycles. The molecule has 4 rings (SSSR count). The number of aromatic amines is 1. The lowest BCUT2D eigenvalue weighted by Crippen LogP contribution is -1.93. The van der Waals surface area contributed by atoms with Crippen LogP contribution in [0.2, 0.25) is 0 Å². The summed E-state index contributed by atoms with van der Waals surface area (Å²) in [5.41, 5.74) is 2.45. The van der Waals surface area contributed by atoms with Crippen LogP contribution in [0.3, 0.4) is 0 Å². The third-order valence-corrected chi connectivity index (χ3v) is 4.22. The maximum atomic E-state index is 13.3. The van der Waals surface area contributed by atoms with Crippen LogP contribution in [0.15, 0.2) is 67.0 Å². The van der Waals surface area contributed by atoms with Gasteiger partial charge in [-0.2, -0.15) is 0 Å². The van der Waals surface area contributed by atoms with Crippen molar-refractivity contribution < 1.29 is 14.4 Å². The number of benzene rings is 2. The average molecular weight is 376 g/mol. The van der Waals surface area contributed by atoms with Crippen molar-refractivity contribution in [3.8, 4) is 39.7 Å². The summed E-state index contributed by atoms with van der Waals surface area (Å²) in [6.07, 6.45) is 3.22. The van der Waals surface area contributed by atoms with Gasteiger partial charge in [0, 0.05) is 29.6 Å². The first-order valence-electron chi connectivity index (χ1n) is 8.27. The molecule has 4 aromatic rings. The number of nitrogens with one attached hydrogen (secondary N) is 1. The maximum Gasteiger partial charge on any atom is 0.280 e. The Bertz CT molecular complexity index is 1160. The Morgan fingerprint density at radius 3 is 2.39 bits per heavy atom. The molecule has 0 unspecified atom stereocenters. The second-order valence-electron chi connectivity index (χ2n) is 6.01. The molecule has 7 nitrogen and oxygen atoms in total. The van der Waals surface area contributed by atoms with E-state index in [1.54, 1.807) is 36.7 Å². The zero-order valence-corrected chi connectivity index (χ0v) is 14.3. The third kappa shape index (κ3) is 3.18. The number of rotatable bonds is 4. The van der Waals surface area contributed by atoms with Crippen LogP contribution in [0.5, 0.6) is 5.75 Å². The normalized spacial score (nSPS) is 10.8.